The zero-order chi connectivity index (χ0) is 29.5. The maximum atomic E-state index is 13.3. The first-order valence-corrected chi connectivity index (χ1v) is 13.2. The van der Waals surface area contributed by atoms with Crippen LogP contribution in [-0.2, 0) is 0 Å². The highest BCUT2D eigenvalue weighted by Crippen LogP contribution is 2.36. The molecule has 0 saturated carbocycles. The Morgan fingerprint density at radius 1 is 0.857 bits per heavy atom. The van der Waals surface area contributed by atoms with E-state index in [1.165, 1.54) is 6.21 Å². The average Bonchev–Trinajstić information content (AvgIpc) is 3.43. The van der Waals surface area contributed by atoms with Crippen molar-refractivity contribution in [2.45, 2.75) is 6.92 Å². The number of aromatic amines is 1. The number of H-pyrrole nitrogens is 1. The Kier molecular flexibility index (Phi) is 8.48. The summed E-state index contributed by atoms with van der Waals surface area (Å²) >= 11 is 0. The number of hydrogen-bond donors (Lipinski definition) is 2. The third-order valence-corrected chi connectivity index (χ3v) is 6.48. The van der Waals surface area contributed by atoms with Gasteiger partial charge in [-0.1, -0.05) is 42.5 Å². The molecular formula is C33H29N3O6. The molecule has 9 heteroatoms. The molecule has 42 heavy (non-hydrogen) atoms. The van der Waals surface area contributed by atoms with Gasteiger partial charge < -0.3 is 23.9 Å². The molecule has 0 radical (unpaired) electrons. The van der Waals surface area contributed by atoms with Crippen molar-refractivity contribution >= 4 is 29.0 Å². The molecule has 1 aromatic heterocycles. The first-order valence-electron chi connectivity index (χ1n) is 13.2. The van der Waals surface area contributed by atoms with E-state index in [2.05, 4.69) is 15.5 Å². The van der Waals surface area contributed by atoms with Crippen LogP contribution in [0.3, 0.4) is 0 Å². The highest BCUT2D eigenvalue weighted by molar-refractivity contribution is 6.11. The second-order valence-electron chi connectivity index (χ2n) is 9.08. The van der Waals surface area contributed by atoms with Crippen LogP contribution in [-0.4, -0.2) is 43.9 Å². The Bertz CT molecular complexity index is 1740. The lowest BCUT2D eigenvalue weighted by molar-refractivity contribution is 0.0728. The predicted octanol–water partition coefficient (Wildman–Crippen LogP) is 6.23. The van der Waals surface area contributed by atoms with Gasteiger partial charge in [0.05, 0.1) is 38.1 Å². The Hall–Kier alpha value is -5.57. The largest absolute Gasteiger partial charge is 0.497 e. The average molecular weight is 564 g/mol. The van der Waals surface area contributed by atoms with Gasteiger partial charge in [0.2, 0.25) is 0 Å². The molecular weight excluding hydrogens is 534 g/mol. The SMILES string of the molecule is CCOc1cc(C=NNC(=O)c2[nH]c3c(OC)cccc3c2-c2ccccc2)ccc1OC(=O)c1ccc(OC)cc1. The quantitative estimate of drug-likeness (QED) is 0.0902. The monoisotopic (exact) mass is 563 g/mol. The van der Waals surface area contributed by atoms with Gasteiger partial charge in [0.25, 0.3) is 5.91 Å². The van der Waals surface area contributed by atoms with Crippen LogP contribution in [0.5, 0.6) is 23.0 Å². The van der Waals surface area contributed by atoms with E-state index in [0.29, 0.717) is 46.2 Å². The number of rotatable bonds is 10. The Labute approximate surface area is 242 Å². The summed E-state index contributed by atoms with van der Waals surface area (Å²) in [5.74, 6) is 0.943. The highest BCUT2D eigenvalue weighted by Gasteiger charge is 2.21. The van der Waals surface area contributed by atoms with E-state index in [4.69, 9.17) is 18.9 Å². The fraction of sp³-hybridized carbons (Fsp3) is 0.121. The van der Waals surface area contributed by atoms with Crippen molar-refractivity contribution in [3.8, 4) is 34.1 Å². The maximum Gasteiger partial charge on any atom is 0.343 e. The van der Waals surface area contributed by atoms with Gasteiger partial charge in [-0.25, -0.2) is 10.2 Å². The zero-order valence-corrected chi connectivity index (χ0v) is 23.3. The minimum Gasteiger partial charge on any atom is -0.497 e. The molecule has 1 amide bonds. The third-order valence-electron chi connectivity index (χ3n) is 6.48. The molecule has 0 aliphatic rings. The molecule has 0 unspecified atom stereocenters. The summed E-state index contributed by atoms with van der Waals surface area (Å²) in [5.41, 5.74) is 6.31. The van der Waals surface area contributed by atoms with Gasteiger partial charge in [0, 0.05) is 10.9 Å². The lowest BCUT2D eigenvalue weighted by Crippen LogP contribution is -2.19. The number of aromatic nitrogens is 1. The van der Waals surface area contributed by atoms with Crippen LogP contribution in [0.25, 0.3) is 22.0 Å². The molecule has 0 aliphatic heterocycles. The van der Waals surface area contributed by atoms with Gasteiger partial charge in [-0.3, -0.25) is 4.79 Å². The molecule has 0 fully saturated rings. The fourth-order valence-corrected chi connectivity index (χ4v) is 4.50. The number of hydrazone groups is 1. The van der Waals surface area contributed by atoms with Crippen LogP contribution >= 0.6 is 0 Å². The first-order chi connectivity index (χ1) is 20.5. The second-order valence-corrected chi connectivity index (χ2v) is 9.08. The van der Waals surface area contributed by atoms with Crippen LogP contribution in [0.15, 0.2) is 96.1 Å². The molecule has 0 saturated heterocycles. The molecule has 1 heterocycles. The minimum absolute atomic E-state index is 0.262. The maximum absolute atomic E-state index is 13.3. The van der Waals surface area contributed by atoms with Gasteiger partial charge in [-0.2, -0.15) is 5.10 Å². The van der Waals surface area contributed by atoms with Crippen molar-refractivity contribution in [1.29, 1.82) is 0 Å². The lowest BCUT2D eigenvalue weighted by atomic mass is 10.0. The van der Waals surface area contributed by atoms with E-state index in [1.807, 2.05) is 55.5 Å². The molecule has 2 N–H and O–H groups in total. The Morgan fingerprint density at radius 3 is 2.36 bits per heavy atom. The first kappa shape index (κ1) is 28.0. The number of nitrogens with zero attached hydrogens (tertiary/aromatic N) is 1. The third kappa shape index (κ3) is 5.95. The second kappa shape index (κ2) is 12.7. The summed E-state index contributed by atoms with van der Waals surface area (Å²) in [4.78, 5) is 29.2. The summed E-state index contributed by atoms with van der Waals surface area (Å²) in [6, 6.07) is 26.9. The van der Waals surface area contributed by atoms with Crippen molar-refractivity contribution in [3.05, 3.63) is 108 Å². The van der Waals surface area contributed by atoms with Gasteiger partial charge in [0.15, 0.2) is 11.5 Å². The number of amides is 1. The molecule has 9 nitrogen and oxygen atoms in total. The topological polar surface area (TPSA) is 111 Å². The number of benzene rings is 4. The van der Waals surface area contributed by atoms with E-state index in [-0.39, 0.29) is 5.75 Å². The number of hydrogen-bond acceptors (Lipinski definition) is 7. The zero-order valence-electron chi connectivity index (χ0n) is 23.3. The van der Waals surface area contributed by atoms with Crippen LogP contribution in [0.1, 0.15) is 33.3 Å². The molecule has 0 aliphatic carbocycles. The number of para-hydroxylation sites is 1. The van der Waals surface area contributed by atoms with E-state index in [0.717, 1.165) is 16.5 Å². The smallest absolute Gasteiger partial charge is 0.343 e. The van der Waals surface area contributed by atoms with Crippen LogP contribution in [0.2, 0.25) is 0 Å². The number of nitrogens with one attached hydrogen (secondary N) is 2. The van der Waals surface area contributed by atoms with Crippen molar-refractivity contribution in [2.75, 3.05) is 20.8 Å². The molecule has 5 rings (SSSR count). The molecule has 0 spiro atoms. The van der Waals surface area contributed by atoms with Crippen LogP contribution < -0.4 is 24.4 Å². The standard InChI is InChI=1S/C33H29N3O6/c1-4-41-28-19-21(13-18-26(28)42-33(38)23-14-16-24(39-2)17-15-23)20-34-36-32(37)31-29(22-9-6-5-7-10-22)25-11-8-12-27(40-3)30(25)35-31/h5-20,35H,4H2,1-3H3,(H,36,37). The molecule has 4 aromatic carbocycles. The lowest BCUT2D eigenvalue weighted by Gasteiger charge is -2.11. The molecule has 5 aromatic rings. The summed E-state index contributed by atoms with van der Waals surface area (Å²) in [7, 11) is 3.14. The number of carbonyl (C=O) groups excluding carboxylic acids is 2. The fourth-order valence-electron chi connectivity index (χ4n) is 4.50. The number of carbonyl (C=O) groups is 2. The Balaban J connectivity index is 1.36. The number of fused-ring (bicyclic) bond motifs is 1. The Morgan fingerprint density at radius 2 is 1.64 bits per heavy atom. The molecule has 0 bridgehead atoms. The van der Waals surface area contributed by atoms with E-state index >= 15 is 0 Å². The van der Waals surface area contributed by atoms with Crippen LogP contribution in [0.4, 0.5) is 0 Å². The van der Waals surface area contributed by atoms with Crippen molar-refractivity contribution in [3.63, 3.8) is 0 Å². The normalized spacial score (nSPS) is 10.9. The highest BCUT2D eigenvalue weighted by atomic mass is 16.6. The van der Waals surface area contributed by atoms with Gasteiger partial charge in [-0.15, -0.1) is 0 Å². The summed E-state index contributed by atoms with van der Waals surface area (Å²) in [6.45, 7) is 2.19. The summed E-state index contributed by atoms with van der Waals surface area (Å²) < 4.78 is 21.9. The van der Waals surface area contributed by atoms with Crippen molar-refractivity contribution in [2.24, 2.45) is 5.10 Å². The summed E-state index contributed by atoms with van der Waals surface area (Å²) in [5, 5.41) is 5.03. The number of esters is 1. The van der Waals surface area contributed by atoms with Gasteiger partial charge in [-0.05, 0) is 66.6 Å². The van der Waals surface area contributed by atoms with Gasteiger partial charge in [0.1, 0.15) is 17.2 Å². The van der Waals surface area contributed by atoms with Crippen LogP contribution in [0, 0.1) is 0 Å². The predicted molar refractivity (Wildman–Crippen MR) is 161 cm³/mol. The van der Waals surface area contributed by atoms with E-state index in [9.17, 15) is 9.59 Å². The molecule has 0 atom stereocenters. The minimum atomic E-state index is -0.531. The van der Waals surface area contributed by atoms with E-state index in [1.54, 1.807) is 56.7 Å². The van der Waals surface area contributed by atoms with Gasteiger partial charge >= 0.3 is 5.97 Å². The van der Waals surface area contributed by atoms with Crippen molar-refractivity contribution < 1.29 is 28.5 Å². The summed E-state index contributed by atoms with van der Waals surface area (Å²) in [6.07, 6.45) is 1.49. The number of ether oxygens (including phenoxy) is 4. The number of methoxy groups -OCH3 is 2. The molecule has 212 valence electrons. The van der Waals surface area contributed by atoms with E-state index < -0.39 is 11.9 Å². The van der Waals surface area contributed by atoms with Crippen molar-refractivity contribution in [1.82, 2.24) is 10.4 Å².